The zero-order valence-corrected chi connectivity index (χ0v) is 12.7. The molecule has 0 radical (unpaired) electrons. The molecule has 1 aliphatic heterocycles. The molecule has 0 saturated carbocycles. The molecular weight excluding hydrogens is 424 g/mol. The first-order valence-electron chi connectivity index (χ1n) is 4.25. The van der Waals surface area contributed by atoms with Crippen molar-refractivity contribution < 1.29 is 14.4 Å². The highest BCUT2D eigenvalue weighted by Gasteiger charge is 2.39. The topological polar surface area (TPSA) is 66.5 Å². The fourth-order valence-electron chi connectivity index (χ4n) is 1.35. The smallest absolute Gasteiger partial charge is 0.269 e. The van der Waals surface area contributed by atoms with Crippen molar-refractivity contribution in [1.29, 1.82) is 0 Å². The molecule has 17 heavy (non-hydrogen) atoms. The average Bonchev–Trinajstić information content (AvgIpc) is 2.43. The number of carbonyl (C=O) groups excluding carboxylic acids is 3. The van der Waals surface area contributed by atoms with Crippen LogP contribution < -0.4 is 10.2 Å². The number of imide groups is 2. The Labute approximate surface area is 121 Å². The standard InChI is InChI=1S/C9H3Br3N2O3/c10-3-1-4(11)6(5(12)2-3)14-8(16)7(15)13-9(14)17/h1-2H,(H,13,15,17). The molecular formula is C9H3Br3N2O3. The number of urea groups is 1. The minimum absolute atomic E-state index is 0.293. The number of carbonyl (C=O) groups is 3. The number of nitrogens with one attached hydrogen (secondary N) is 1. The Balaban J connectivity index is 2.59. The second kappa shape index (κ2) is 4.51. The van der Waals surface area contributed by atoms with Gasteiger partial charge in [0.15, 0.2) is 0 Å². The van der Waals surface area contributed by atoms with Crippen LogP contribution >= 0.6 is 47.8 Å². The van der Waals surface area contributed by atoms with Crippen LogP contribution in [0.2, 0.25) is 0 Å². The third kappa shape index (κ3) is 2.16. The third-order valence-corrected chi connectivity index (χ3v) is 3.69. The van der Waals surface area contributed by atoms with Crippen molar-refractivity contribution >= 4 is 71.3 Å². The van der Waals surface area contributed by atoms with Crippen molar-refractivity contribution in [2.24, 2.45) is 0 Å². The molecule has 1 heterocycles. The van der Waals surface area contributed by atoms with Crippen LogP contribution in [0.1, 0.15) is 0 Å². The van der Waals surface area contributed by atoms with Crippen molar-refractivity contribution in [3.8, 4) is 0 Å². The van der Waals surface area contributed by atoms with E-state index in [1.54, 1.807) is 12.1 Å². The van der Waals surface area contributed by atoms with Crippen LogP contribution in [0.15, 0.2) is 25.6 Å². The fourth-order valence-corrected chi connectivity index (χ4v) is 3.96. The number of nitrogens with zero attached hydrogens (tertiary/aromatic N) is 1. The van der Waals surface area contributed by atoms with Crippen LogP contribution in [0.3, 0.4) is 0 Å². The summed E-state index contributed by atoms with van der Waals surface area (Å²) < 4.78 is 1.78. The molecule has 88 valence electrons. The second-order valence-corrected chi connectivity index (χ2v) is 5.74. The number of hydrogen-bond donors (Lipinski definition) is 1. The lowest BCUT2D eigenvalue weighted by Gasteiger charge is -2.15. The lowest BCUT2D eigenvalue weighted by atomic mass is 10.3. The molecule has 1 fully saturated rings. The number of anilines is 1. The molecule has 1 N–H and O–H groups in total. The third-order valence-electron chi connectivity index (χ3n) is 2.03. The van der Waals surface area contributed by atoms with Gasteiger partial charge in [-0.25, -0.2) is 9.69 Å². The van der Waals surface area contributed by atoms with Gasteiger partial charge in [0.2, 0.25) is 0 Å². The van der Waals surface area contributed by atoms with E-state index in [1.807, 2.05) is 5.32 Å². The lowest BCUT2D eigenvalue weighted by Crippen LogP contribution is -2.31. The second-order valence-electron chi connectivity index (χ2n) is 3.12. The molecule has 5 nitrogen and oxygen atoms in total. The average molecular weight is 427 g/mol. The van der Waals surface area contributed by atoms with E-state index >= 15 is 0 Å². The van der Waals surface area contributed by atoms with Gasteiger partial charge in [-0.3, -0.25) is 14.9 Å². The van der Waals surface area contributed by atoms with Gasteiger partial charge in [0.1, 0.15) is 0 Å². The van der Waals surface area contributed by atoms with Gasteiger partial charge in [-0.15, -0.1) is 0 Å². The lowest BCUT2D eigenvalue weighted by molar-refractivity contribution is -0.134. The fraction of sp³-hybridized carbons (Fsp3) is 0. The molecule has 0 aromatic heterocycles. The van der Waals surface area contributed by atoms with Crippen molar-refractivity contribution in [3.05, 3.63) is 25.6 Å². The zero-order chi connectivity index (χ0) is 12.7. The number of halogens is 3. The summed E-state index contributed by atoms with van der Waals surface area (Å²) in [5.74, 6) is -1.84. The van der Waals surface area contributed by atoms with Crippen LogP contribution in [-0.4, -0.2) is 17.8 Å². The van der Waals surface area contributed by atoms with Gasteiger partial charge in [-0.05, 0) is 44.0 Å². The summed E-state index contributed by atoms with van der Waals surface area (Å²) in [4.78, 5) is 34.9. The number of rotatable bonds is 1. The van der Waals surface area contributed by atoms with E-state index in [1.165, 1.54) is 0 Å². The van der Waals surface area contributed by atoms with E-state index < -0.39 is 17.8 Å². The minimum Gasteiger partial charge on any atom is -0.269 e. The Morgan fingerprint density at radius 2 is 1.53 bits per heavy atom. The Hall–Kier alpha value is -0.730. The molecule has 1 aliphatic rings. The van der Waals surface area contributed by atoms with Crippen molar-refractivity contribution in [1.82, 2.24) is 5.32 Å². The summed E-state index contributed by atoms with van der Waals surface area (Å²) >= 11 is 9.74. The van der Waals surface area contributed by atoms with Gasteiger partial charge in [0.25, 0.3) is 0 Å². The monoisotopic (exact) mass is 424 g/mol. The van der Waals surface area contributed by atoms with E-state index in [2.05, 4.69) is 47.8 Å². The largest absolute Gasteiger partial charge is 0.336 e. The number of benzene rings is 1. The van der Waals surface area contributed by atoms with Crippen LogP contribution in [-0.2, 0) is 9.59 Å². The number of hydrogen-bond acceptors (Lipinski definition) is 3. The van der Waals surface area contributed by atoms with Crippen molar-refractivity contribution in [2.75, 3.05) is 4.90 Å². The molecule has 2 rings (SSSR count). The van der Waals surface area contributed by atoms with E-state index in [0.29, 0.717) is 14.6 Å². The molecule has 4 amide bonds. The first-order valence-corrected chi connectivity index (χ1v) is 6.63. The Kier molecular flexibility index (Phi) is 3.37. The number of amides is 4. The van der Waals surface area contributed by atoms with Gasteiger partial charge >= 0.3 is 17.8 Å². The van der Waals surface area contributed by atoms with Gasteiger partial charge in [0, 0.05) is 13.4 Å². The molecule has 0 spiro atoms. The van der Waals surface area contributed by atoms with Gasteiger partial charge < -0.3 is 0 Å². The SMILES string of the molecule is O=C1NC(=O)N(c2c(Br)cc(Br)cc2Br)C1=O. The molecule has 0 aliphatic carbocycles. The van der Waals surface area contributed by atoms with Gasteiger partial charge in [-0.2, -0.15) is 0 Å². The summed E-state index contributed by atoms with van der Waals surface area (Å²) in [6.07, 6.45) is 0. The zero-order valence-electron chi connectivity index (χ0n) is 7.96. The van der Waals surface area contributed by atoms with Crippen LogP contribution in [0.4, 0.5) is 10.5 Å². The van der Waals surface area contributed by atoms with E-state index in [9.17, 15) is 14.4 Å². The van der Waals surface area contributed by atoms with Gasteiger partial charge in [-0.1, -0.05) is 15.9 Å². The maximum atomic E-state index is 11.5. The predicted molar refractivity (Wildman–Crippen MR) is 70.6 cm³/mol. The molecule has 1 aromatic rings. The maximum absolute atomic E-state index is 11.5. The highest BCUT2D eigenvalue weighted by Crippen LogP contribution is 2.38. The van der Waals surface area contributed by atoms with Crippen LogP contribution in [0, 0.1) is 0 Å². The first kappa shape index (κ1) is 12.7. The minimum atomic E-state index is -0.934. The first-order chi connectivity index (χ1) is 7.91. The molecule has 1 aromatic carbocycles. The molecule has 0 bridgehead atoms. The van der Waals surface area contributed by atoms with E-state index in [4.69, 9.17) is 0 Å². The normalized spacial score (nSPS) is 15.5. The summed E-state index contributed by atoms with van der Waals surface area (Å²) in [6, 6.07) is 2.58. The van der Waals surface area contributed by atoms with E-state index in [-0.39, 0.29) is 0 Å². The Bertz CT molecular complexity index is 535. The summed E-state index contributed by atoms with van der Waals surface area (Å²) in [7, 11) is 0. The highest BCUT2D eigenvalue weighted by atomic mass is 79.9. The van der Waals surface area contributed by atoms with Crippen LogP contribution in [0.25, 0.3) is 0 Å². The quantitative estimate of drug-likeness (QED) is 0.554. The Morgan fingerprint density at radius 3 is 1.94 bits per heavy atom. The van der Waals surface area contributed by atoms with Crippen molar-refractivity contribution in [2.45, 2.75) is 0 Å². The Morgan fingerprint density at radius 1 is 1.00 bits per heavy atom. The summed E-state index contributed by atoms with van der Waals surface area (Å²) in [5.41, 5.74) is 0.293. The van der Waals surface area contributed by atoms with Gasteiger partial charge in [0.05, 0.1) is 5.69 Å². The maximum Gasteiger partial charge on any atom is 0.336 e. The molecule has 8 heteroatoms. The summed E-state index contributed by atoms with van der Waals surface area (Å²) in [5, 5.41) is 1.93. The molecule has 0 atom stereocenters. The predicted octanol–water partition coefficient (Wildman–Crippen LogP) is 2.56. The summed E-state index contributed by atoms with van der Waals surface area (Å²) in [6.45, 7) is 0. The molecule has 1 saturated heterocycles. The molecule has 0 unspecified atom stereocenters. The van der Waals surface area contributed by atoms with Crippen molar-refractivity contribution in [3.63, 3.8) is 0 Å². The highest BCUT2D eigenvalue weighted by molar-refractivity contribution is 9.11. The van der Waals surface area contributed by atoms with Crippen LogP contribution in [0.5, 0.6) is 0 Å². The van der Waals surface area contributed by atoms with E-state index in [0.717, 1.165) is 9.37 Å².